The summed E-state index contributed by atoms with van der Waals surface area (Å²) in [5.74, 6) is 0.536. The fourth-order valence-electron chi connectivity index (χ4n) is 4.48. The molecule has 4 rings (SSSR count). The highest BCUT2D eigenvalue weighted by Crippen LogP contribution is 2.33. The van der Waals surface area contributed by atoms with Crippen LogP contribution in [0.15, 0.2) is 97.1 Å². The Kier molecular flexibility index (Phi) is 9.76. The Balaban J connectivity index is 1.70. The van der Waals surface area contributed by atoms with Gasteiger partial charge >= 0.3 is 5.97 Å². The van der Waals surface area contributed by atoms with Crippen LogP contribution >= 0.6 is 0 Å². The normalized spacial score (nSPS) is 11.8. The number of carboxylic acids is 1. The maximum Gasteiger partial charge on any atom is 0.344 e. The number of hydrogen-bond donors (Lipinski definition) is 1. The van der Waals surface area contributed by atoms with Crippen molar-refractivity contribution in [1.82, 2.24) is 4.90 Å². The summed E-state index contributed by atoms with van der Waals surface area (Å²) < 4.78 is 12.2. The second-order valence-corrected chi connectivity index (χ2v) is 9.97. The number of carboxylic acid groups (broad SMARTS) is 1. The molecular weight excluding hydrogens is 486 g/mol. The van der Waals surface area contributed by atoms with E-state index in [1.165, 1.54) is 5.56 Å². The number of benzene rings is 4. The highest BCUT2D eigenvalue weighted by atomic mass is 16.5. The van der Waals surface area contributed by atoms with Gasteiger partial charge in [-0.1, -0.05) is 79.7 Å². The molecule has 4 aromatic carbocycles. The van der Waals surface area contributed by atoms with Crippen LogP contribution in [0, 0.1) is 0 Å². The van der Waals surface area contributed by atoms with E-state index < -0.39 is 12.1 Å². The van der Waals surface area contributed by atoms with E-state index in [9.17, 15) is 9.90 Å². The zero-order chi connectivity index (χ0) is 27.6. The molecule has 0 fully saturated rings. The van der Waals surface area contributed by atoms with Gasteiger partial charge in [0.2, 0.25) is 0 Å². The van der Waals surface area contributed by atoms with E-state index in [1.54, 1.807) is 0 Å². The van der Waals surface area contributed by atoms with Crippen molar-refractivity contribution in [2.75, 3.05) is 27.2 Å². The van der Waals surface area contributed by atoms with Crippen molar-refractivity contribution in [3.63, 3.8) is 0 Å². The standard InChI is InChI=1S/C34H37NO4/c1-4-31(34(36)37)39-33-18-16-28(24-30(33)22-26-13-9-6-10-14-26)27-15-17-32(38-20-19-35(2)3)29(23-27)21-25-11-7-5-8-12-25/h5-18,23-24,31H,4,19-22H2,1-3H3,(H,36,37). The number of hydrogen-bond acceptors (Lipinski definition) is 4. The van der Waals surface area contributed by atoms with Crippen LogP contribution in [0.25, 0.3) is 11.1 Å². The molecule has 202 valence electrons. The van der Waals surface area contributed by atoms with E-state index in [0.29, 0.717) is 25.2 Å². The van der Waals surface area contributed by atoms with Crippen molar-refractivity contribution in [2.24, 2.45) is 0 Å². The third-order valence-corrected chi connectivity index (χ3v) is 6.64. The molecule has 0 saturated heterocycles. The van der Waals surface area contributed by atoms with Gasteiger partial charge in [-0.3, -0.25) is 0 Å². The summed E-state index contributed by atoms with van der Waals surface area (Å²) in [6.07, 6.45) is 0.908. The Labute approximate surface area is 231 Å². The number of aliphatic carboxylic acids is 1. The number of likely N-dealkylation sites (N-methyl/N-ethyl adjacent to an activating group) is 1. The maximum atomic E-state index is 11.7. The molecule has 0 aliphatic rings. The molecule has 5 nitrogen and oxygen atoms in total. The van der Waals surface area contributed by atoms with Gasteiger partial charge in [0, 0.05) is 19.4 Å². The van der Waals surface area contributed by atoms with E-state index in [1.807, 2.05) is 57.4 Å². The molecule has 1 unspecified atom stereocenters. The smallest absolute Gasteiger partial charge is 0.344 e. The van der Waals surface area contributed by atoms with Gasteiger partial charge in [0.1, 0.15) is 18.1 Å². The summed E-state index contributed by atoms with van der Waals surface area (Å²) in [5, 5.41) is 9.58. The molecule has 5 heteroatoms. The SMILES string of the molecule is CCC(Oc1ccc(-c2ccc(OCCN(C)C)c(Cc3ccccc3)c2)cc1Cc1ccccc1)C(=O)O. The lowest BCUT2D eigenvalue weighted by Crippen LogP contribution is -2.26. The fourth-order valence-corrected chi connectivity index (χ4v) is 4.48. The largest absolute Gasteiger partial charge is 0.492 e. The zero-order valence-electron chi connectivity index (χ0n) is 23.0. The predicted molar refractivity (Wildman–Crippen MR) is 157 cm³/mol. The fraction of sp³-hybridized carbons (Fsp3) is 0.265. The van der Waals surface area contributed by atoms with Crippen molar-refractivity contribution in [1.29, 1.82) is 0 Å². The lowest BCUT2D eigenvalue weighted by molar-refractivity contribution is -0.145. The average molecular weight is 524 g/mol. The summed E-state index contributed by atoms with van der Waals surface area (Å²) in [6.45, 7) is 3.27. The Hall–Kier alpha value is -4.09. The maximum absolute atomic E-state index is 11.7. The van der Waals surface area contributed by atoms with E-state index in [0.717, 1.165) is 46.5 Å². The van der Waals surface area contributed by atoms with Crippen molar-refractivity contribution in [3.8, 4) is 22.6 Å². The Morgan fingerprint density at radius 2 is 1.28 bits per heavy atom. The molecule has 0 heterocycles. The second-order valence-electron chi connectivity index (χ2n) is 9.97. The second kappa shape index (κ2) is 13.6. The van der Waals surface area contributed by atoms with Gasteiger partial charge in [-0.05, 0) is 78.2 Å². The van der Waals surface area contributed by atoms with Gasteiger partial charge in [0.15, 0.2) is 6.10 Å². The van der Waals surface area contributed by atoms with Gasteiger partial charge in [-0.2, -0.15) is 0 Å². The van der Waals surface area contributed by atoms with Crippen molar-refractivity contribution in [3.05, 3.63) is 119 Å². The monoisotopic (exact) mass is 523 g/mol. The first-order valence-corrected chi connectivity index (χ1v) is 13.4. The highest BCUT2D eigenvalue weighted by molar-refractivity contribution is 5.73. The van der Waals surface area contributed by atoms with E-state index in [4.69, 9.17) is 9.47 Å². The number of carbonyl (C=O) groups is 1. The molecule has 39 heavy (non-hydrogen) atoms. The lowest BCUT2D eigenvalue weighted by atomic mass is 9.95. The lowest BCUT2D eigenvalue weighted by Gasteiger charge is -2.19. The van der Waals surface area contributed by atoms with Crippen molar-refractivity contribution in [2.45, 2.75) is 32.3 Å². The van der Waals surface area contributed by atoms with Crippen molar-refractivity contribution >= 4 is 5.97 Å². The summed E-state index contributed by atoms with van der Waals surface area (Å²) in [7, 11) is 4.08. The minimum absolute atomic E-state index is 0.389. The summed E-state index contributed by atoms with van der Waals surface area (Å²) in [6, 6.07) is 32.9. The predicted octanol–water partition coefficient (Wildman–Crippen LogP) is 6.72. The van der Waals surface area contributed by atoms with E-state index in [-0.39, 0.29) is 0 Å². The van der Waals surface area contributed by atoms with Gasteiger partial charge < -0.3 is 19.5 Å². The molecule has 0 aliphatic heterocycles. The zero-order valence-corrected chi connectivity index (χ0v) is 23.0. The summed E-state index contributed by atoms with van der Waals surface area (Å²) >= 11 is 0. The molecule has 0 bridgehead atoms. The molecule has 0 saturated carbocycles. The van der Waals surface area contributed by atoms with Crippen molar-refractivity contribution < 1.29 is 19.4 Å². The Morgan fingerprint density at radius 1 is 0.769 bits per heavy atom. The van der Waals surface area contributed by atoms with Crippen LogP contribution < -0.4 is 9.47 Å². The minimum Gasteiger partial charge on any atom is -0.492 e. The third-order valence-electron chi connectivity index (χ3n) is 6.64. The molecule has 0 spiro atoms. The Morgan fingerprint density at radius 3 is 1.77 bits per heavy atom. The number of rotatable bonds is 13. The Bertz CT molecular complexity index is 1350. The minimum atomic E-state index is -0.956. The van der Waals surface area contributed by atoms with Gasteiger partial charge in [0.25, 0.3) is 0 Å². The number of nitrogens with zero attached hydrogens (tertiary/aromatic N) is 1. The van der Waals surface area contributed by atoms with E-state index >= 15 is 0 Å². The van der Waals surface area contributed by atoms with Crippen LogP contribution in [0.5, 0.6) is 11.5 Å². The first-order chi connectivity index (χ1) is 18.9. The van der Waals surface area contributed by atoms with Gasteiger partial charge in [0.05, 0.1) is 0 Å². The van der Waals surface area contributed by atoms with Crippen LogP contribution in [-0.4, -0.2) is 49.3 Å². The molecule has 0 aromatic heterocycles. The topological polar surface area (TPSA) is 59.0 Å². The first-order valence-electron chi connectivity index (χ1n) is 13.4. The molecule has 1 N–H and O–H groups in total. The van der Waals surface area contributed by atoms with Gasteiger partial charge in [-0.15, -0.1) is 0 Å². The molecule has 4 aromatic rings. The average Bonchev–Trinajstić information content (AvgIpc) is 2.94. The van der Waals surface area contributed by atoms with E-state index in [2.05, 4.69) is 65.6 Å². The molecule has 0 amide bonds. The third kappa shape index (κ3) is 7.95. The van der Waals surface area contributed by atoms with Crippen LogP contribution in [0.4, 0.5) is 0 Å². The molecule has 1 atom stereocenters. The first kappa shape index (κ1) is 27.9. The highest BCUT2D eigenvalue weighted by Gasteiger charge is 2.19. The van der Waals surface area contributed by atoms with Crippen LogP contribution in [0.2, 0.25) is 0 Å². The van der Waals surface area contributed by atoms with Gasteiger partial charge in [-0.25, -0.2) is 4.79 Å². The summed E-state index contributed by atoms with van der Waals surface area (Å²) in [5.41, 5.74) is 6.56. The van der Waals surface area contributed by atoms with Crippen LogP contribution in [0.3, 0.4) is 0 Å². The summed E-state index contributed by atoms with van der Waals surface area (Å²) in [4.78, 5) is 13.8. The number of ether oxygens (including phenoxy) is 2. The van der Waals surface area contributed by atoms with Crippen LogP contribution in [-0.2, 0) is 17.6 Å². The quantitative estimate of drug-likeness (QED) is 0.211. The molecule has 0 radical (unpaired) electrons. The van der Waals surface area contributed by atoms with Crippen LogP contribution in [0.1, 0.15) is 35.6 Å². The molecule has 0 aliphatic carbocycles. The molecular formula is C34H37NO4.